The summed E-state index contributed by atoms with van der Waals surface area (Å²) in [4.78, 5) is 14.5. The fourth-order valence-electron chi connectivity index (χ4n) is 3.20. The molecular weight excluding hydrogens is 224 g/mol. The Bertz CT molecular complexity index is 299. The molecule has 0 aromatic rings. The Hall–Kier alpha value is -0.570. The van der Waals surface area contributed by atoms with E-state index in [0.29, 0.717) is 17.7 Å². The van der Waals surface area contributed by atoms with E-state index in [1.165, 1.54) is 0 Å². The Labute approximate surface area is 112 Å². The summed E-state index contributed by atoms with van der Waals surface area (Å²) in [5.74, 6) is 1.33. The van der Waals surface area contributed by atoms with Gasteiger partial charge >= 0.3 is 0 Å². The van der Waals surface area contributed by atoms with Gasteiger partial charge in [-0.25, -0.2) is 0 Å². The van der Waals surface area contributed by atoms with Crippen molar-refractivity contribution in [3.63, 3.8) is 0 Å². The van der Waals surface area contributed by atoms with Crippen molar-refractivity contribution in [2.24, 2.45) is 28.9 Å². The first kappa shape index (κ1) is 15.5. The smallest absolute Gasteiger partial charge is 0.225 e. The van der Waals surface area contributed by atoms with E-state index in [1.54, 1.807) is 0 Å². The van der Waals surface area contributed by atoms with Crippen LogP contribution in [0, 0.1) is 23.2 Å². The topological polar surface area (TPSA) is 46.3 Å². The Morgan fingerprint density at radius 3 is 2.44 bits per heavy atom. The summed E-state index contributed by atoms with van der Waals surface area (Å²) in [6.07, 6.45) is 1.90. The van der Waals surface area contributed by atoms with E-state index in [9.17, 15) is 4.79 Å². The first-order valence-corrected chi connectivity index (χ1v) is 7.18. The minimum atomic E-state index is -0.0000104. The molecule has 1 saturated carbocycles. The van der Waals surface area contributed by atoms with Gasteiger partial charge in [0.05, 0.1) is 0 Å². The predicted molar refractivity (Wildman–Crippen MR) is 76.1 cm³/mol. The van der Waals surface area contributed by atoms with Crippen LogP contribution in [-0.4, -0.2) is 30.4 Å². The second-order valence-corrected chi connectivity index (χ2v) is 7.02. The Kier molecular flexibility index (Phi) is 4.82. The normalized spacial score (nSPS) is 31.4. The van der Waals surface area contributed by atoms with E-state index < -0.39 is 0 Å². The molecule has 2 N–H and O–H groups in total. The minimum absolute atomic E-state index is 0.0000104. The summed E-state index contributed by atoms with van der Waals surface area (Å²) in [6, 6.07) is 0.236. The second kappa shape index (κ2) is 5.60. The lowest BCUT2D eigenvalue weighted by Crippen LogP contribution is -2.52. The van der Waals surface area contributed by atoms with Gasteiger partial charge in [-0.2, -0.15) is 0 Å². The monoisotopic (exact) mass is 254 g/mol. The quantitative estimate of drug-likeness (QED) is 0.841. The highest BCUT2D eigenvalue weighted by Gasteiger charge is 2.45. The molecule has 1 rings (SSSR count). The molecule has 0 aromatic carbocycles. The molecule has 1 amide bonds. The largest absolute Gasteiger partial charge is 0.345 e. The lowest BCUT2D eigenvalue weighted by atomic mass is 9.60. The van der Waals surface area contributed by atoms with Gasteiger partial charge < -0.3 is 10.6 Å². The zero-order chi connectivity index (χ0) is 14.1. The zero-order valence-corrected chi connectivity index (χ0v) is 12.9. The van der Waals surface area contributed by atoms with Gasteiger partial charge in [-0.15, -0.1) is 0 Å². The Balaban J connectivity index is 2.79. The summed E-state index contributed by atoms with van der Waals surface area (Å²) in [6.45, 7) is 11.7. The fraction of sp³-hybridized carbons (Fsp3) is 0.933. The molecule has 1 aliphatic rings. The van der Waals surface area contributed by atoms with Crippen LogP contribution in [0.2, 0.25) is 0 Å². The van der Waals surface area contributed by atoms with Gasteiger partial charge in [0.1, 0.15) is 0 Å². The molecule has 0 bridgehead atoms. The van der Waals surface area contributed by atoms with E-state index in [2.05, 4.69) is 34.6 Å². The molecule has 3 atom stereocenters. The fourth-order valence-corrected chi connectivity index (χ4v) is 3.20. The summed E-state index contributed by atoms with van der Waals surface area (Å²) in [5.41, 5.74) is 6.15. The van der Waals surface area contributed by atoms with Gasteiger partial charge in [-0.1, -0.05) is 34.6 Å². The van der Waals surface area contributed by atoms with Gasteiger partial charge in [0.25, 0.3) is 0 Å². The highest BCUT2D eigenvalue weighted by atomic mass is 16.2. The standard InChI is InChI=1S/C15H30N2O/c1-10(2)9-17(6)14(18)12-7-8-13(16)11(3)15(12,4)5/h10-13H,7-9,16H2,1-6H3. The molecule has 3 heteroatoms. The van der Waals surface area contributed by atoms with Gasteiger partial charge in [-0.3, -0.25) is 4.79 Å². The zero-order valence-electron chi connectivity index (χ0n) is 12.9. The van der Waals surface area contributed by atoms with Crippen molar-refractivity contribution in [2.45, 2.75) is 53.5 Å². The van der Waals surface area contributed by atoms with Crippen LogP contribution in [0.5, 0.6) is 0 Å². The number of rotatable bonds is 3. The Morgan fingerprint density at radius 1 is 1.39 bits per heavy atom. The highest BCUT2D eigenvalue weighted by molar-refractivity contribution is 5.79. The van der Waals surface area contributed by atoms with Crippen molar-refractivity contribution >= 4 is 5.91 Å². The van der Waals surface area contributed by atoms with Crippen LogP contribution in [0.1, 0.15) is 47.5 Å². The maximum atomic E-state index is 12.6. The van der Waals surface area contributed by atoms with Crippen molar-refractivity contribution in [1.29, 1.82) is 0 Å². The van der Waals surface area contributed by atoms with E-state index in [-0.39, 0.29) is 17.4 Å². The van der Waals surface area contributed by atoms with Crippen molar-refractivity contribution < 1.29 is 4.79 Å². The molecule has 3 nitrogen and oxygen atoms in total. The average molecular weight is 254 g/mol. The van der Waals surface area contributed by atoms with Crippen LogP contribution in [0.15, 0.2) is 0 Å². The molecule has 0 radical (unpaired) electrons. The van der Waals surface area contributed by atoms with Gasteiger partial charge in [0.15, 0.2) is 0 Å². The number of nitrogens with zero attached hydrogens (tertiary/aromatic N) is 1. The van der Waals surface area contributed by atoms with E-state index in [1.807, 2.05) is 11.9 Å². The van der Waals surface area contributed by atoms with Gasteiger partial charge in [-0.05, 0) is 30.1 Å². The second-order valence-electron chi connectivity index (χ2n) is 7.02. The van der Waals surface area contributed by atoms with Gasteiger partial charge in [0, 0.05) is 25.6 Å². The molecule has 106 valence electrons. The number of nitrogens with two attached hydrogens (primary N) is 1. The molecule has 18 heavy (non-hydrogen) atoms. The summed E-state index contributed by atoms with van der Waals surface area (Å²) >= 11 is 0. The number of amides is 1. The summed E-state index contributed by atoms with van der Waals surface area (Å²) in [5, 5.41) is 0. The van der Waals surface area contributed by atoms with E-state index >= 15 is 0 Å². The van der Waals surface area contributed by atoms with Crippen LogP contribution in [-0.2, 0) is 4.79 Å². The Morgan fingerprint density at radius 2 is 1.94 bits per heavy atom. The molecule has 0 saturated heterocycles. The lowest BCUT2D eigenvalue weighted by molar-refractivity contribution is -0.142. The lowest BCUT2D eigenvalue weighted by Gasteiger charge is -2.47. The summed E-state index contributed by atoms with van der Waals surface area (Å²) in [7, 11) is 1.93. The molecule has 0 spiro atoms. The SMILES string of the molecule is CC(C)CN(C)C(=O)C1CCC(N)C(C)C1(C)C. The maximum Gasteiger partial charge on any atom is 0.225 e. The van der Waals surface area contributed by atoms with Crippen LogP contribution in [0.25, 0.3) is 0 Å². The minimum Gasteiger partial charge on any atom is -0.345 e. The molecule has 0 aliphatic heterocycles. The van der Waals surface area contributed by atoms with Crippen molar-refractivity contribution in [3.05, 3.63) is 0 Å². The van der Waals surface area contributed by atoms with Gasteiger partial charge in [0.2, 0.25) is 5.91 Å². The number of carbonyl (C=O) groups excluding carboxylic acids is 1. The third-order valence-corrected chi connectivity index (χ3v) is 4.82. The molecular formula is C15H30N2O. The number of carbonyl (C=O) groups is 1. The third kappa shape index (κ3) is 3.05. The molecule has 0 heterocycles. The summed E-state index contributed by atoms with van der Waals surface area (Å²) < 4.78 is 0. The van der Waals surface area contributed by atoms with E-state index in [4.69, 9.17) is 5.73 Å². The maximum absolute atomic E-state index is 12.6. The first-order chi connectivity index (χ1) is 8.17. The van der Waals surface area contributed by atoms with Crippen molar-refractivity contribution in [1.82, 2.24) is 4.90 Å². The van der Waals surface area contributed by atoms with E-state index in [0.717, 1.165) is 19.4 Å². The van der Waals surface area contributed by atoms with Crippen LogP contribution >= 0.6 is 0 Å². The molecule has 0 aromatic heterocycles. The van der Waals surface area contributed by atoms with Crippen LogP contribution < -0.4 is 5.73 Å². The first-order valence-electron chi connectivity index (χ1n) is 7.18. The molecule has 1 fully saturated rings. The average Bonchev–Trinajstić information content (AvgIpc) is 2.24. The van der Waals surface area contributed by atoms with Crippen molar-refractivity contribution in [3.8, 4) is 0 Å². The van der Waals surface area contributed by atoms with Crippen LogP contribution in [0.4, 0.5) is 0 Å². The third-order valence-electron chi connectivity index (χ3n) is 4.82. The predicted octanol–water partition coefficient (Wildman–Crippen LogP) is 2.50. The number of hydrogen-bond donors (Lipinski definition) is 1. The van der Waals surface area contributed by atoms with Crippen LogP contribution in [0.3, 0.4) is 0 Å². The molecule has 1 aliphatic carbocycles. The number of hydrogen-bond acceptors (Lipinski definition) is 2. The highest BCUT2D eigenvalue weighted by Crippen LogP contribution is 2.45. The van der Waals surface area contributed by atoms with Crippen molar-refractivity contribution in [2.75, 3.05) is 13.6 Å². The molecule has 3 unspecified atom stereocenters.